The van der Waals surface area contributed by atoms with Gasteiger partial charge in [0.1, 0.15) is 0 Å². The van der Waals surface area contributed by atoms with Crippen LogP contribution in [0.2, 0.25) is 0 Å². The molecule has 4 rings (SSSR count). The van der Waals surface area contributed by atoms with Gasteiger partial charge >= 0.3 is 159 Å². The van der Waals surface area contributed by atoms with Crippen molar-refractivity contribution >= 4 is 14.8 Å². The fraction of sp³-hybridized carbons (Fsp3) is 0.462. The number of rotatable bonds is 0. The van der Waals surface area contributed by atoms with Crippen molar-refractivity contribution < 1.29 is 45.6 Å². The molecule has 0 radical (unpaired) electrons. The second-order valence-corrected chi connectivity index (χ2v) is 11.8. The molecule has 1 aromatic carbocycles. The summed E-state index contributed by atoms with van der Waals surface area (Å²) in [6.07, 6.45) is 15.7. The van der Waals surface area contributed by atoms with Gasteiger partial charge in [-0.2, -0.15) is 0 Å². The zero-order chi connectivity index (χ0) is 22.4. The van der Waals surface area contributed by atoms with Gasteiger partial charge in [-0.25, -0.2) is 0 Å². The van der Waals surface area contributed by atoms with Crippen molar-refractivity contribution in [1.82, 2.24) is 0 Å². The zero-order valence-corrected chi connectivity index (χ0v) is 24.1. The van der Waals surface area contributed by atoms with Gasteiger partial charge in [-0.1, -0.05) is 23.8 Å². The standard InChI is InChI=1S/C19H21O4.C7H10.Hg/c1-12-16-5-3-2-4-14(20)10-13-11-15(21)6-7-18(13)19(22)23-9-8-17(12)16;1-7-5-3-2-4-6-7;/h2,4,6,11-12,16-17,21H,3,5,8-10H2,1H3;3,5-6H,2,4H2,1H3;/b4-2+;;. The molecule has 2 aliphatic carbocycles. The van der Waals surface area contributed by atoms with Gasteiger partial charge in [-0.05, 0) is 19.8 Å². The van der Waals surface area contributed by atoms with E-state index in [1.54, 1.807) is 12.1 Å². The third-order valence-corrected chi connectivity index (χ3v) is 8.62. The molecule has 4 nitrogen and oxygen atoms in total. The number of carbonyl (C=O) groups is 2. The maximum absolute atomic E-state index is 12.5. The Morgan fingerprint density at radius 2 is 1.77 bits per heavy atom. The van der Waals surface area contributed by atoms with Crippen molar-refractivity contribution in [1.29, 1.82) is 0 Å². The summed E-state index contributed by atoms with van der Waals surface area (Å²) in [5, 5.41) is 9.83. The third-order valence-electron chi connectivity index (χ3n) is 6.45. The van der Waals surface area contributed by atoms with Gasteiger partial charge in [-0.15, -0.1) is 0 Å². The summed E-state index contributed by atoms with van der Waals surface area (Å²) in [6, 6.07) is 3.13. The van der Waals surface area contributed by atoms with Gasteiger partial charge in [0.25, 0.3) is 0 Å². The summed E-state index contributed by atoms with van der Waals surface area (Å²) >= 11 is 0.146. The van der Waals surface area contributed by atoms with E-state index in [9.17, 15) is 14.7 Å². The van der Waals surface area contributed by atoms with Gasteiger partial charge in [-0.3, -0.25) is 0 Å². The van der Waals surface area contributed by atoms with Crippen molar-refractivity contribution in [3.63, 3.8) is 0 Å². The summed E-state index contributed by atoms with van der Waals surface area (Å²) < 4.78 is 6.33. The minimum absolute atomic E-state index is 0.0418. The van der Waals surface area contributed by atoms with Gasteiger partial charge in [0.05, 0.1) is 0 Å². The summed E-state index contributed by atoms with van der Waals surface area (Å²) in [4.78, 5) is 24.7. The number of esters is 1. The van der Waals surface area contributed by atoms with Gasteiger partial charge in [0.15, 0.2) is 0 Å². The van der Waals surface area contributed by atoms with Crippen molar-refractivity contribution in [3.05, 3.63) is 59.2 Å². The number of allylic oxidation sites excluding steroid dienone is 6. The molecule has 1 aliphatic heterocycles. The maximum atomic E-state index is 12.5. The van der Waals surface area contributed by atoms with Crippen molar-refractivity contribution in [2.24, 2.45) is 17.8 Å². The average molecular weight is 608 g/mol. The van der Waals surface area contributed by atoms with E-state index in [4.69, 9.17) is 4.74 Å². The van der Waals surface area contributed by atoms with E-state index in [0.29, 0.717) is 35.5 Å². The van der Waals surface area contributed by atoms with E-state index < -0.39 is 0 Å². The number of ketones is 1. The molecular formula is C26H31HgO4. The number of ether oxygens (including phenoxy) is 1. The molecule has 0 amide bonds. The van der Waals surface area contributed by atoms with Crippen LogP contribution in [0.25, 0.3) is 0 Å². The monoisotopic (exact) mass is 609 g/mol. The molecule has 3 aliphatic rings. The molecule has 5 heteroatoms. The Bertz CT molecular complexity index is 912. The summed E-state index contributed by atoms with van der Waals surface area (Å²) in [5.41, 5.74) is 2.48. The van der Waals surface area contributed by atoms with Crippen LogP contribution in [0.15, 0.2) is 48.1 Å². The quantitative estimate of drug-likeness (QED) is 0.342. The number of fused-ring (bicyclic) bond motifs is 2. The fourth-order valence-corrected chi connectivity index (χ4v) is 6.85. The van der Waals surface area contributed by atoms with Crippen molar-refractivity contribution in [3.8, 4) is 5.75 Å². The SMILES string of the molecule is CC1=CCCC=C1.CC1C2CC/C=C/C(=O)Cc3cc(O)c[c]([Hg])c3C(=O)OCCC12. The molecule has 1 saturated carbocycles. The Morgan fingerprint density at radius 1 is 1.03 bits per heavy atom. The second kappa shape index (κ2) is 11.3. The van der Waals surface area contributed by atoms with Gasteiger partial charge in [0, 0.05) is 0 Å². The predicted octanol–water partition coefficient (Wildman–Crippen LogP) is 4.74. The molecule has 3 unspecified atom stereocenters. The Kier molecular flexibility index (Phi) is 8.71. The van der Waals surface area contributed by atoms with Crippen LogP contribution in [0.1, 0.15) is 61.9 Å². The molecule has 161 valence electrons. The van der Waals surface area contributed by atoms with E-state index in [-0.39, 0.29) is 50.0 Å². The number of aromatic hydroxyl groups is 1. The first kappa shape index (κ1) is 24.0. The molecule has 0 spiro atoms. The van der Waals surface area contributed by atoms with E-state index in [1.807, 2.05) is 6.08 Å². The number of hydrogen-bond donors (Lipinski definition) is 1. The second-order valence-electron chi connectivity index (χ2n) is 8.80. The van der Waals surface area contributed by atoms with Crippen LogP contribution in [0.4, 0.5) is 0 Å². The first-order chi connectivity index (χ1) is 14.9. The third kappa shape index (κ3) is 6.90. The van der Waals surface area contributed by atoms with Crippen molar-refractivity contribution in [2.75, 3.05) is 6.61 Å². The average Bonchev–Trinajstić information content (AvgIpc) is 3.33. The first-order valence-corrected chi connectivity index (χ1v) is 14.0. The van der Waals surface area contributed by atoms with Crippen molar-refractivity contribution in [2.45, 2.75) is 52.4 Å². The van der Waals surface area contributed by atoms with E-state index in [1.165, 1.54) is 24.5 Å². The van der Waals surface area contributed by atoms with Gasteiger partial charge < -0.3 is 0 Å². The fourth-order valence-electron chi connectivity index (χ4n) is 4.60. The first-order valence-electron chi connectivity index (χ1n) is 11.2. The summed E-state index contributed by atoms with van der Waals surface area (Å²) in [5.74, 6) is 1.71. The van der Waals surface area contributed by atoms with E-state index in [0.717, 1.165) is 22.3 Å². The zero-order valence-electron chi connectivity index (χ0n) is 18.6. The molecule has 1 heterocycles. The van der Waals surface area contributed by atoms with E-state index in [2.05, 4.69) is 32.1 Å². The number of cyclic esters (lactones) is 1. The Labute approximate surface area is 201 Å². The van der Waals surface area contributed by atoms with Crippen LogP contribution in [0.3, 0.4) is 0 Å². The number of carbonyl (C=O) groups excluding carboxylic acids is 2. The number of benzene rings is 1. The van der Waals surface area contributed by atoms with Crippen LogP contribution in [-0.2, 0) is 42.1 Å². The molecule has 0 aromatic heterocycles. The minimum atomic E-state index is -0.353. The number of hydrogen-bond acceptors (Lipinski definition) is 4. The normalized spacial score (nSPS) is 26.8. The molecule has 1 N–H and O–H groups in total. The molecule has 0 saturated heterocycles. The summed E-state index contributed by atoms with van der Waals surface area (Å²) in [6.45, 7) is 4.82. The molecule has 1 aromatic rings. The Morgan fingerprint density at radius 3 is 2.45 bits per heavy atom. The Hall–Kier alpha value is -1.68. The van der Waals surface area contributed by atoms with Crippen LogP contribution >= 0.6 is 0 Å². The molecule has 31 heavy (non-hydrogen) atoms. The molecule has 3 atom stereocenters. The topological polar surface area (TPSA) is 63.6 Å². The molecular weight excluding hydrogens is 577 g/mol. The van der Waals surface area contributed by atoms with Crippen LogP contribution in [0, 0.1) is 17.8 Å². The van der Waals surface area contributed by atoms with Crippen LogP contribution in [-0.4, -0.2) is 23.5 Å². The summed E-state index contributed by atoms with van der Waals surface area (Å²) in [7, 11) is 0. The Balaban J connectivity index is 0.000000330. The van der Waals surface area contributed by atoms with Gasteiger partial charge in [0.2, 0.25) is 0 Å². The number of phenolic OH excluding ortho intramolecular Hbond substituents is 1. The van der Waals surface area contributed by atoms with E-state index >= 15 is 0 Å². The molecule has 0 bridgehead atoms. The van der Waals surface area contributed by atoms with Crippen LogP contribution < -0.4 is 3.07 Å². The predicted molar refractivity (Wildman–Crippen MR) is 118 cm³/mol. The van der Waals surface area contributed by atoms with Crippen LogP contribution in [0.5, 0.6) is 5.75 Å². The number of phenols is 1. The molecule has 1 fully saturated rings.